The van der Waals surface area contributed by atoms with Gasteiger partial charge in [0.05, 0.1) is 11.0 Å². The molecule has 3 heterocycles. The van der Waals surface area contributed by atoms with E-state index in [1.165, 1.54) is 32.1 Å². The van der Waals surface area contributed by atoms with E-state index >= 15 is 0 Å². The molecule has 1 saturated carbocycles. The third kappa shape index (κ3) is 4.02. The van der Waals surface area contributed by atoms with Crippen molar-refractivity contribution >= 4 is 33.7 Å². The van der Waals surface area contributed by atoms with Crippen LogP contribution in [0.3, 0.4) is 0 Å². The molecule has 0 radical (unpaired) electrons. The Morgan fingerprint density at radius 3 is 2.91 bits per heavy atom. The van der Waals surface area contributed by atoms with Crippen LogP contribution in [0.1, 0.15) is 44.9 Å². The predicted molar refractivity (Wildman–Crippen MR) is 127 cm³/mol. The number of nitrogens with zero attached hydrogens (tertiary/aromatic N) is 3. The van der Waals surface area contributed by atoms with Crippen LogP contribution in [-0.2, 0) is 11.8 Å². The monoisotopic (exact) mass is 429 g/mol. The number of aromatic nitrogens is 4. The third-order valence-corrected chi connectivity index (χ3v) is 6.47. The molecule has 4 aromatic rings. The molecule has 3 aromatic heterocycles. The van der Waals surface area contributed by atoms with Gasteiger partial charge in [-0.15, -0.1) is 0 Å². The molecule has 1 aromatic carbocycles. The van der Waals surface area contributed by atoms with Crippen molar-refractivity contribution in [3.8, 4) is 11.3 Å². The molecule has 0 spiro atoms. The van der Waals surface area contributed by atoms with Gasteiger partial charge in [0.15, 0.2) is 0 Å². The molecule has 0 aliphatic heterocycles. The number of aromatic amines is 1. The number of H-pyrrole nitrogens is 1. The summed E-state index contributed by atoms with van der Waals surface area (Å²) in [5.74, 6) is 0.694. The lowest BCUT2D eigenvalue weighted by atomic mass is 9.86. The first kappa shape index (κ1) is 20.4. The molecule has 1 amide bonds. The van der Waals surface area contributed by atoms with Crippen LogP contribution < -0.4 is 10.9 Å². The molecular formula is C25H27N5O2. The number of aryl methyl sites for hydroxylation is 1. The lowest BCUT2D eigenvalue weighted by Crippen LogP contribution is -2.15. The highest BCUT2D eigenvalue weighted by Gasteiger charge is 2.16. The molecule has 7 nitrogen and oxygen atoms in total. The van der Waals surface area contributed by atoms with Crippen molar-refractivity contribution in [2.24, 2.45) is 13.0 Å². The Bertz CT molecular complexity index is 1350. The normalized spacial score (nSPS) is 14.8. The number of hydrogen-bond acceptors (Lipinski definition) is 4. The highest BCUT2D eigenvalue weighted by molar-refractivity contribution is 5.95. The number of nitrogens with one attached hydrogen (secondary N) is 2. The summed E-state index contributed by atoms with van der Waals surface area (Å²) in [5.41, 5.74) is 3.58. The summed E-state index contributed by atoms with van der Waals surface area (Å²) in [6.07, 6.45) is 11.5. The van der Waals surface area contributed by atoms with Gasteiger partial charge in [0.1, 0.15) is 11.3 Å². The molecule has 2 N–H and O–H groups in total. The Labute approximate surface area is 185 Å². The van der Waals surface area contributed by atoms with Gasteiger partial charge in [-0.3, -0.25) is 9.59 Å². The smallest absolute Gasteiger partial charge is 0.275 e. The van der Waals surface area contributed by atoms with Gasteiger partial charge in [-0.1, -0.05) is 32.1 Å². The standard InChI is InChI=1S/C25H27N5O2/c1-30-15-19(18-8-5-13-26-24(18)30)23-25(32)29-21-14-17(10-11-20(21)28-23)27-22(31)12-9-16-6-3-2-4-7-16/h5,8,10-11,13-16H,2-4,6-7,9,12H2,1H3,(H,27,31)(H,29,32). The number of carbonyl (C=O) groups is 1. The van der Waals surface area contributed by atoms with Crippen LogP contribution >= 0.6 is 0 Å². The maximum absolute atomic E-state index is 12.9. The second kappa shape index (κ2) is 8.57. The third-order valence-electron chi connectivity index (χ3n) is 6.47. The van der Waals surface area contributed by atoms with E-state index in [1.54, 1.807) is 12.3 Å². The lowest BCUT2D eigenvalue weighted by molar-refractivity contribution is -0.116. The Balaban J connectivity index is 1.37. The number of benzene rings is 1. The van der Waals surface area contributed by atoms with Crippen LogP contribution in [0, 0.1) is 5.92 Å². The zero-order valence-electron chi connectivity index (χ0n) is 18.2. The fourth-order valence-electron chi connectivity index (χ4n) is 4.78. The van der Waals surface area contributed by atoms with Crippen molar-refractivity contribution in [3.05, 3.63) is 53.1 Å². The Morgan fingerprint density at radius 2 is 2.06 bits per heavy atom. The van der Waals surface area contributed by atoms with Crippen molar-refractivity contribution in [1.82, 2.24) is 19.5 Å². The first-order valence-corrected chi connectivity index (χ1v) is 11.3. The van der Waals surface area contributed by atoms with Crippen LogP contribution in [0.25, 0.3) is 33.3 Å². The summed E-state index contributed by atoms with van der Waals surface area (Å²) >= 11 is 0. The van der Waals surface area contributed by atoms with Crippen molar-refractivity contribution in [2.45, 2.75) is 44.9 Å². The highest BCUT2D eigenvalue weighted by atomic mass is 16.1. The van der Waals surface area contributed by atoms with Crippen LogP contribution in [0.15, 0.2) is 47.5 Å². The minimum Gasteiger partial charge on any atom is -0.335 e. The maximum atomic E-state index is 12.9. The van der Waals surface area contributed by atoms with Gasteiger partial charge < -0.3 is 14.9 Å². The van der Waals surface area contributed by atoms with Crippen LogP contribution in [0.5, 0.6) is 0 Å². The number of amides is 1. The Morgan fingerprint density at radius 1 is 1.22 bits per heavy atom. The minimum absolute atomic E-state index is 0.0186. The van der Waals surface area contributed by atoms with E-state index in [0.717, 1.165) is 23.0 Å². The molecular weight excluding hydrogens is 402 g/mol. The van der Waals surface area contributed by atoms with Crippen LogP contribution in [0.2, 0.25) is 0 Å². The first-order valence-electron chi connectivity index (χ1n) is 11.3. The molecule has 0 atom stereocenters. The van der Waals surface area contributed by atoms with E-state index < -0.39 is 0 Å². The summed E-state index contributed by atoms with van der Waals surface area (Å²) in [5, 5.41) is 3.85. The SMILES string of the molecule is Cn1cc(-c2nc3ccc(NC(=O)CCC4CCCCC4)cc3[nH]c2=O)c2cccnc21. The summed E-state index contributed by atoms with van der Waals surface area (Å²) < 4.78 is 1.89. The summed E-state index contributed by atoms with van der Waals surface area (Å²) in [4.78, 5) is 37.2. The van der Waals surface area contributed by atoms with E-state index in [4.69, 9.17) is 0 Å². The van der Waals surface area contributed by atoms with Crippen molar-refractivity contribution in [3.63, 3.8) is 0 Å². The quantitative estimate of drug-likeness (QED) is 0.478. The first-order chi connectivity index (χ1) is 15.6. The zero-order valence-corrected chi connectivity index (χ0v) is 18.2. The molecule has 1 aliphatic rings. The Hall–Kier alpha value is -3.48. The summed E-state index contributed by atoms with van der Waals surface area (Å²) in [7, 11) is 1.90. The van der Waals surface area contributed by atoms with Crippen molar-refractivity contribution < 1.29 is 4.79 Å². The van der Waals surface area contributed by atoms with Crippen LogP contribution in [0.4, 0.5) is 5.69 Å². The number of rotatable bonds is 5. The zero-order chi connectivity index (χ0) is 22.1. The van der Waals surface area contributed by atoms with Gasteiger partial charge in [0.25, 0.3) is 5.56 Å². The largest absolute Gasteiger partial charge is 0.335 e. The number of anilines is 1. The summed E-state index contributed by atoms with van der Waals surface area (Å²) in [6.45, 7) is 0. The number of carbonyl (C=O) groups excluding carboxylic acids is 1. The molecule has 1 fully saturated rings. The van der Waals surface area contributed by atoms with E-state index in [0.29, 0.717) is 34.8 Å². The summed E-state index contributed by atoms with van der Waals surface area (Å²) in [6, 6.07) is 9.23. The number of fused-ring (bicyclic) bond motifs is 2. The molecule has 32 heavy (non-hydrogen) atoms. The van der Waals surface area contributed by atoms with Gasteiger partial charge in [0.2, 0.25) is 5.91 Å². The topological polar surface area (TPSA) is 92.7 Å². The van der Waals surface area contributed by atoms with E-state index in [1.807, 2.05) is 42.1 Å². The molecule has 5 rings (SSSR count). The van der Waals surface area contributed by atoms with E-state index in [2.05, 4.69) is 20.3 Å². The highest BCUT2D eigenvalue weighted by Crippen LogP contribution is 2.28. The molecule has 0 saturated heterocycles. The van der Waals surface area contributed by atoms with Crippen molar-refractivity contribution in [2.75, 3.05) is 5.32 Å². The Kier molecular flexibility index (Phi) is 5.47. The molecule has 164 valence electrons. The fourth-order valence-corrected chi connectivity index (χ4v) is 4.78. The second-order valence-corrected chi connectivity index (χ2v) is 8.77. The van der Waals surface area contributed by atoms with E-state index in [-0.39, 0.29) is 11.5 Å². The second-order valence-electron chi connectivity index (χ2n) is 8.77. The van der Waals surface area contributed by atoms with Crippen LogP contribution in [-0.4, -0.2) is 25.4 Å². The molecule has 1 aliphatic carbocycles. The average molecular weight is 430 g/mol. The fraction of sp³-hybridized carbons (Fsp3) is 0.360. The molecule has 7 heteroatoms. The van der Waals surface area contributed by atoms with E-state index in [9.17, 15) is 9.59 Å². The number of pyridine rings is 1. The average Bonchev–Trinajstić information content (AvgIpc) is 3.14. The van der Waals surface area contributed by atoms with Gasteiger partial charge in [0, 0.05) is 42.5 Å². The molecule has 0 bridgehead atoms. The van der Waals surface area contributed by atoms with Gasteiger partial charge >= 0.3 is 0 Å². The predicted octanol–water partition coefficient (Wildman–Crippen LogP) is 4.78. The maximum Gasteiger partial charge on any atom is 0.275 e. The number of hydrogen-bond donors (Lipinski definition) is 2. The molecule has 0 unspecified atom stereocenters. The van der Waals surface area contributed by atoms with Crippen molar-refractivity contribution in [1.29, 1.82) is 0 Å². The van der Waals surface area contributed by atoms with Gasteiger partial charge in [-0.25, -0.2) is 9.97 Å². The minimum atomic E-state index is -0.269. The van der Waals surface area contributed by atoms with Gasteiger partial charge in [-0.05, 0) is 42.7 Å². The van der Waals surface area contributed by atoms with Gasteiger partial charge in [-0.2, -0.15) is 0 Å². The lowest BCUT2D eigenvalue weighted by Gasteiger charge is -2.21.